The Balaban J connectivity index is 2.63. The highest BCUT2D eigenvalue weighted by atomic mass is 32.2. The predicted molar refractivity (Wildman–Crippen MR) is 84.6 cm³/mol. The van der Waals surface area contributed by atoms with Gasteiger partial charge in [0.1, 0.15) is 5.82 Å². The van der Waals surface area contributed by atoms with Gasteiger partial charge in [-0.15, -0.1) is 0 Å². The van der Waals surface area contributed by atoms with Crippen LogP contribution in [0.2, 0.25) is 0 Å². The molecule has 0 unspecified atom stereocenters. The smallest absolute Gasteiger partial charge is 0.239 e. The Morgan fingerprint density at radius 2 is 1.95 bits per heavy atom. The Bertz CT molecular complexity index is 605. The monoisotopic (exact) mass is 331 g/mol. The molecule has 0 aliphatic heterocycles. The van der Waals surface area contributed by atoms with Crippen molar-refractivity contribution in [1.29, 1.82) is 0 Å². The fraction of sp³-hybridized carbons (Fsp3) is 0.500. The van der Waals surface area contributed by atoms with Gasteiger partial charge >= 0.3 is 0 Å². The van der Waals surface area contributed by atoms with E-state index in [1.807, 2.05) is 19.0 Å². The zero-order chi connectivity index (χ0) is 16.8. The number of nitrogens with one attached hydrogen (secondary N) is 1. The Morgan fingerprint density at radius 1 is 1.27 bits per heavy atom. The molecular weight excluding hydrogens is 309 g/mol. The molecule has 0 saturated heterocycles. The molecule has 1 N–H and O–H groups in total. The molecule has 0 radical (unpaired) electrons. The summed E-state index contributed by atoms with van der Waals surface area (Å²) in [5.41, 5.74) is 0.298. The first-order valence-electron chi connectivity index (χ1n) is 6.84. The van der Waals surface area contributed by atoms with Crippen LogP contribution in [0, 0.1) is 5.82 Å². The molecule has 0 bridgehead atoms. The molecule has 0 saturated carbocycles. The van der Waals surface area contributed by atoms with Crippen LogP contribution in [0.3, 0.4) is 0 Å². The van der Waals surface area contributed by atoms with E-state index < -0.39 is 21.7 Å². The van der Waals surface area contributed by atoms with E-state index in [9.17, 15) is 17.6 Å². The van der Waals surface area contributed by atoms with E-state index in [2.05, 4.69) is 5.32 Å². The van der Waals surface area contributed by atoms with E-state index in [4.69, 9.17) is 0 Å². The van der Waals surface area contributed by atoms with Gasteiger partial charge in [-0.3, -0.25) is 4.79 Å². The summed E-state index contributed by atoms with van der Waals surface area (Å²) < 4.78 is 37.6. The van der Waals surface area contributed by atoms with Crippen LogP contribution in [0.1, 0.15) is 6.42 Å². The Morgan fingerprint density at radius 3 is 2.50 bits per heavy atom. The normalized spacial score (nSPS) is 11.9. The minimum Gasteiger partial charge on any atom is -0.325 e. The van der Waals surface area contributed by atoms with Crippen LogP contribution >= 0.6 is 0 Å². The average molecular weight is 331 g/mol. The van der Waals surface area contributed by atoms with Crippen LogP contribution in [-0.2, 0) is 14.8 Å². The third-order valence-electron chi connectivity index (χ3n) is 2.91. The second-order valence-electron chi connectivity index (χ2n) is 5.31. The zero-order valence-corrected chi connectivity index (χ0v) is 13.9. The molecule has 0 aliphatic carbocycles. The second kappa shape index (κ2) is 8.21. The fourth-order valence-corrected chi connectivity index (χ4v) is 2.66. The number of sulfonamides is 1. The number of rotatable bonds is 8. The van der Waals surface area contributed by atoms with Gasteiger partial charge < -0.3 is 10.2 Å². The standard InChI is InChI=1S/C14H22FN3O3S/c1-17(2)8-5-9-18(22(3,20)21)11-14(19)16-13-7-4-6-12(15)10-13/h4,6-7,10H,5,8-9,11H2,1-3H3,(H,16,19). The van der Waals surface area contributed by atoms with Crippen molar-refractivity contribution in [2.45, 2.75) is 6.42 Å². The molecule has 6 nitrogen and oxygen atoms in total. The molecular formula is C14H22FN3O3S. The minimum absolute atomic E-state index is 0.258. The number of anilines is 1. The predicted octanol–water partition coefficient (Wildman–Crippen LogP) is 0.977. The molecule has 0 spiro atoms. The minimum atomic E-state index is -3.48. The number of carbonyl (C=O) groups is 1. The van der Waals surface area contributed by atoms with Crippen LogP contribution in [0.4, 0.5) is 10.1 Å². The van der Waals surface area contributed by atoms with E-state index in [0.29, 0.717) is 12.1 Å². The van der Waals surface area contributed by atoms with Crippen LogP contribution < -0.4 is 5.32 Å². The third kappa shape index (κ3) is 6.97. The van der Waals surface area contributed by atoms with Gasteiger partial charge in [-0.2, -0.15) is 4.31 Å². The van der Waals surface area contributed by atoms with Crippen molar-refractivity contribution in [3.05, 3.63) is 30.1 Å². The average Bonchev–Trinajstić information content (AvgIpc) is 2.35. The van der Waals surface area contributed by atoms with E-state index >= 15 is 0 Å². The van der Waals surface area contributed by atoms with Gasteiger partial charge in [0.25, 0.3) is 0 Å². The van der Waals surface area contributed by atoms with Crippen molar-refractivity contribution in [2.75, 3.05) is 45.3 Å². The summed E-state index contributed by atoms with van der Waals surface area (Å²) in [7, 11) is 0.302. The lowest BCUT2D eigenvalue weighted by Gasteiger charge is -2.20. The van der Waals surface area contributed by atoms with Crippen molar-refractivity contribution in [3.63, 3.8) is 0 Å². The van der Waals surface area contributed by atoms with Gasteiger partial charge in [0.05, 0.1) is 12.8 Å². The fourth-order valence-electron chi connectivity index (χ4n) is 1.85. The molecule has 1 aromatic carbocycles. The van der Waals surface area contributed by atoms with Crippen molar-refractivity contribution in [3.8, 4) is 0 Å². The summed E-state index contributed by atoms with van der Waals surface area (Å²) in [5, 5.41) is 2.49. The maximum atomic E-state index is 13.0. The molecule has 124 valence electrons. The maximum absolute atomic E-state index is 13.0. The zero-order valence-electron chi connectivity index (χ0n) is 13.0. The van der Waals surface area contributed by atoms with Crippen molar-refractivity contribution >= 4 is 21.6 Å². The number of halogens is 1. The maximum Gasteiger partial charge on any atom is 0.239 e. The van der Waals surface area contributed by atoms with E-state index in [0.717, 1.165) is 17.1 Å². The molecule has 8 heteroatoms. The number of benzene rings is 1. The van der Waals surface area contributed by atoms with Gasteiger partial charge in [-0.25, -0.2) is 12.8 Å². The van der Waals surface area contributed by atoms with Crippen LogP contribution in [-0.4, -0.2) is 63.5 Å². The molecule has 22 heavy (non-hydrogen) atoms. The number of nitrogens with zero attached hydrogens (tertiary/aromatic N) is 2. The molecule has 1 amide bonds. The molecule has 0 aliphatic rings. The van der Waals surface area contributed by atoms with E-state index in [-0.39, 0.29) is 13.1 Å². The largest absolute Gasteiger partial charge is 0.325 e. The summed E-state index contributed by atoms with van der Waals surface area (Å²) in [5.74, 6) is -0.968. The van der Waals surface area contributed by atoms with Gasteiger partial charge in [0, 0.05) is 12.2 Å². The van der Waals surface area contributed by atoms with E-state index in [1.165, 1.54) is 24.3 Å². The van der Waals surface area contributed by atoms with Gasteiger partial charge in [0.2, 0.25) is 15.9 Å². The molecule has 0 fully saturated rings. The molecule has 0 atom stereocenters. The van der Waals surface area contributed by atoms with Crippen LogP contribution in [0.25, 0.3) is 0 Å². The number of hydrogen-bond donors (Lipinski definition) is 1. The van der Waals surface area contributed by atoms with Gasteiger partial charge in [-0.05, 0) is 45.3 Å². The summed E-state index contributed by atoms with van der Waals surface area (Å²) in [4.78, 5) is 13.9. The van der Waals surface area contributed by atoms with Crippen LogP contribution in [0.5, 0.6) is 0 Å². The summed E-state index contributed by atoms with van der Waals surface area (Å²) >= 11 is 0. The first kappa shape index (κ1) is 18.5. The molecule has 0 aromatic heterocycles. The molecule has 1 rings (SSSR count). The van der Waals surface area contributed by atoms with Crippen molar-refractivity contribution in [2.24, 2.45) is 0 Å². The topological polar surface area (TPSA) is 69.7 Å². The van der Waals surface area contributed by atoms with Gasteiger partial charge in [0.15, 0.2) is 0 Å². The SMILES string of the molecule is CN(C)CCCN(CC(=O)Nc1cccc(F)c1)S(C)(=O)=O. The highest BCUT2D eigenvalue weighted by molar-refractivity contribution is 7.88. The second-order valence-corrected chi connectivity index (χ2v) is 7.29. The van der Waals surface area contributed by atoms with Crippen molar-refractivity contribution in [1.82, 2.24) is 9.21 Å². The van der Waals surface area contributed by atoms with E-state index in [1.54, 1.807) is 0 Å². The van der Waals surface area contributed by atoms with Crippen molar-refractivity contribution < 1.29 is 17.6 Å². The highest BCUT2D eigenvalue weighted by Gasteiger charge is 2.19. The van der Waals surface area contributed by atoms with Gasteiger partial charge in [-0.1, -0.05) is 6.07 Å². The summed E-state index contributed by atoms with van der Waals surface area (Å²) in [6, 6.07) is 5.45. The third-order valence-corrected chi connectivity index (χ3v) is 4.16. The first-order valence-corrected chi connectivity index (χ1v) is 8.68. The number of hydrogen-bond acceptors (Lipinski definition) is 4. The Kier molecular flexibility index (Phi) is 6.92. The lowest BCUT2D eigenvalue weighted by atomic mass is 10.3. The molecule has 1 aromatic rings. The molecule has 0 heterocycles. The lowest BCUT2D eigenvalue weighted by molar-refractivity contribution is -0.116. The summed E-state index contributed by atoms with van der Waals surface area (Å²) in [6.07, 6.45) is 1.69. The summed E-state index contributed by atoms with van der Waals surface area (Å²) in [6.45, 7) is 0.688. The lowest BCUT2D eigenvalue weighted by Crippen LogP contribution is -2.38. The highest BCUT2D eigenvalue weighted by Crippen LogP contribution is 2.09. The first-order chi connectivity index (χ1) is 10.2. The Labute approximate surface area is 131 Å². The number of carbonyl (C=O) groups excluding carboxylic acids is 1. The van der Waals surface area contributed by atoms with Crippen LogP contribution in [0.15, 0.2) is 24.3 Å². The quantitative estimate of drug-likeness (QED) is 0.771. The number of amides is 1. The Hall–Kier alpha value is -1.51.